The number of carboxylic acids is 1. The van der Waals surface area contributed by atoms with Crippen molar-refractivity contribution in [3.8, 4) is 0 Å². The maximum absolute atomic E-state index is 10.9. The van der Waals surface area contributed by atoms with E-state index < -0.39 is 5.97 Å². The zero-order valence-electron chi connectivity index (χ0n) is 11.2. The Balaban J connectivity index is 2.18. The molecule has 1 saturated carbocycles. The highest BCUT2D eigenvalue weighted by Gasteiger charge is 2.19. The van der Waals surface area contributed by atoms with E-state index in [1.165, 1.54) is 38.5 Å². The molecule has 1 fully saturated rings. The average Bonchev–Trinajstić information content (AvgIpc) is 2.66. The number of rotatable bonds is 3. The highest BCUT2D eigenvalue weighted by molar-refractivity contribution is 9.10. The van der Waals surface area contributed by atoms with Gasteiger partial charge in [-0.2, -0.15) is 0 Å². The van der Waals surface area contributed by atoms with E-state index in [9.17, 15) is 4.79 Å². The maximum atomic E-state index is 10.9. The smallest absolute Gasteiger partial charge is 0.335 e. The van der Waals surface area contributed by atoms with Crippen molar-refractivity contribution in [3.63, 3.8) is 0 Å². The molecule has 0 amide bonds. The summed E-state index contributed by atoms with van der Waals surface area (Å²) in [5.74, 6) is -0.885. The first-order valence-corrected chi connectivity index (χ1v) is 7.64. The van der Waals surface area contributed by atoms with E-state index in [0.29, 0.717) is 11.6 Å². The lowest BCUT2D eigenvalue weighted by atomic mass is 10.1. The molecule has 1 aliphatic carbocycles. The third-order valence-corrected chi connectivity index (χ3v) is 4.58. The standard InChI is InChI=1S/C15H20BrNO2/c1-17(12-6-4-2-3-5-7-12)14-9-8-11(15(18)19)10-13(14)16/h8-10,12H,2-7H2,1H3,(H,18,19). The summed E-state index contributed by atoms with van der Waals surface area (Å²) in [6, 6.07) is 5.83. The number of nitrogens with zero attached hydrogens (tertiary/aromatic N) is 1. The van der Waals surface area contributed by atoms with E-state index in [0.717, 1.165) is 10.2 Å². The Hall–Kier alpha value is -1.03. The van der Waals surface area contributed by atoms with Gasteiger partial charge in [0.1, 0.15) is 0 Å². The molecule has 0 spiro atoms. The van der Waals surface area contributed by atoms with Crippen molar-refractivity contribution in [2.24, 2.45) is 0 Å². The van der Waals surface area contributed by atoms with E-state index in [-0.39, 0.29) is 0 Å². The second-order valence-corrected chi connectivity index (χ2v) is 6.08. The summed E-state index contributed by atoms with van der Waals surface area (Å²) in [4.78, 5) is 13.2. The molecule has 0 saturated heterocycles. The van der Waals surface area contributed by atoms with Gasteiger partial charge in [0.15, 0.2) is 0 Å². The number of hydrogen-bond acceptors (Lipinski definition) is 2. The molecule has 104 valence electrons. The van der Waals surface area contributed by atoms with Crippen LogP contribution < -0.4 is 4.90 Å². The summed E-state index contributed by atoms with van der Waals surface area (Å²) in [5.41, 5.74) is 1.40. The minimum atomic E-state index is -0.885. The molecule has 0 aromatic heterocycles. The largest absolute Gasteiger partial charge is 0.478 e. The van der Waals surface area contributed by atoms with Crippen molar-refractivity contribution in [3.05, 3.63) is 28.2 Å². The number of anilines is 1. The van der Waals surface area contributed by atoms with Crippen LogP contribution in [-0.4, -0.2) is 24.2 Å². The lowest BCUT2D eigenvalue weighted by Crippen LogP contribution is -2.31. The van der Waals surface area contributed by atoms with Gasteiger partial charge < -0.3 is 10.0 Å². The van der Waals surface area contributed by atoms with Gasteiger partial charge in [-0.25, -0.2) is 4.79 Å². The molecule has 1 aromatic rings. The van der Waals surface area contributed by atoms with Gasteiger partial charge in [-0.15, -0.1) is 0 Å². The van der Waals surface area contributed by atoms with E-state index in [2.05, 4.69) is 27.9 Å². The fourth-order valence-corrected chi connectivity index (χ4v) is 3.43. The fourth-order valence-electron chi connectivity index (χ4n) is 2.77. The molecule has 3 nitrogen and oxygen atoms in total. The summed E-state index contributed by atoms with van der Waals surface area (Å²) in [6.07, 6.45) is 7.71. The molecule has 0 aliphatic heterocycles. The fraction of sp³-hybridized carbons (Fsp3) is 0.533. The summed E-state index contributed by atoms with van der Waals surface area (Å²) >= 11 is 3.50. The van der Waals surface area contributed by atoms with E-state index >= 15 is 0 Å². The highest BCUT2D eigenvalue weighted by Crippen LogP contribution is 2.31. The Bertz CT molecular complexity index is 453. The molecule has 0 atom stereocenters. The minimum Gasteiger partial charge on any atom is -0.478 e. The number of carboxylic acid groups (broad SMARTS) is 1. The van der Waals surface area contributed by atoms with Crippen LogP contribution >= 0.6 is 15.9 Å². The van der Waals surface area contributed by atoms with Crippen molar-refractivity contribution in [2.45, 2.75) is 44.6 Å². The number of benzene rings is 1. The van der Waals surface area contributed by atoms with Crippen LogP contribution in [-0.2, 0) is 0 Å². The van der Waals surface area contributed by atoms with Crippen LogP contribution in [0.4, 0.5) is 5.69 Å². The quantitative estimate of drug-likeness (QED) is 0.842. The first-order valence-electron chi connectivity index (χ1n) is 6.85. The van der Waals surface area contributed by atoms with Crippen LogP contribution in [0.25, 0.3) is 0 Å². The Morgan fingerprint density at radius 2 is 1.89 bits per heavy atom. The molecule has 0 unspecified atom stereocenters. The zero-order valence-corrected chi connectivity index (χ0v) is 12.8. The molecular weight excluding hydrogens is 306 g/mol. The van der Waals surface area contributed by atoms with Crippen LogP contribution in [0.3, 0.4) is 0 Å². The third kappa shape index (κ3) is 3.50. The summed E-state index contributed by atoms with van der Waals surface area (Å²) in [5, 5.41) is 8.99. The van der Waals surface area contributed by atoms with Gasteiger partial charge in [0.05, 0.1) is 11.3 Å². The summed E-state index contributed by atoms with van der Waals surface area (Å²) < 4.78 is 0.860. The number of aromatic carboxylic acids is 1. The monoisotopic (exact) mass is 325 g/mol. The third-order valence-electron chi connectivity index (χ3n) is 3.95. The molecule has 0 heterocycles. The van der Waals surface area contributed by atoms with Crippen molar-refractivity contribution >= 4 is 27.6 Å². The van der Waals surface area contributed by atoms with E-state index in [1.54, 1.807) is 12.1 Å². The second kappa shape index (κ2) is 6.42. The van der Waals surface area contributed by atoms with E-state index in [4.69, 9.17) is 5.11 Å². The topological polar surface area (TPSA) is 40.5 Å². The van der Waals surface area contributed by atoms with Gasteiger partial charge in [0.25, 0.3) is 0 Å². The molecular formula is C15H20BrNO2. The van der Waals surface area contributed by atoms with Gasteiger partial charge in [-0.3, -0.25) is 0 Å². The molecule has 4 heteroatoms. The van der Waals surface area contributed by atoms with Crippen LogP contribution in [0.5, 0.6) is 0 Å². The molecule has 0 bridgehead atoms. The van der Waals surface area contributed by atoms with Gasteiger partial charge >= 0.3 is 5.97 Å². The van der Waals surface area contributed by atoms with Gasteiger partial charge in [0, 0.05) is 17.6 Å². The second-order valence-electron chi connectivity index (χ2n) is 5.23. The lowest BCUT2D eigenvalue weighted by molar-refractivity contribution is 0.0697. The Labute approximate surface area is 122 Å². The van der Waals surface area contributed by atoms with Gasteiger partial charge in [-0.05, 0) is 47.0 Å². The first-order chi connectivity index (χ1) is 9.09. The Kier molecular flexibility index (Phi) is 4.86. The molecule has 1 aliphatic rings. The Morgan fingerprint density at radius 1 is 1.26 bits per heavy atom. The summed E-state index contributed by atoms with van der Waals surface area (Å²) in [7, 11) is 2.11. The molecule has 0 radical (unpaired) electrons. The summed E-state index contributed by atoms with van der Waals surface area (Å²) in [6.45, 7) is 0. The van der Waals surface area contributed by atoms with Gasteiger partial charge in [0.2, 0.25) is 0 Å². The van der Waals surface area contributed by atoms with Crippen molar-refractivity contribution in [1.29, 1.82) is 0 Å². The molecule has 2 rings (SSSR count). The molecule has 1 N–H and O–H groups in total. The molecule has 19 heavy (non-hydrogen) atoms. The predicted molar refractivity (Wildman–Crippen MR) is 81.0 cm³/mol. The lowest BCUT2D eigenvalue weighted by Gasteiger charge is -2.30. The average molecular weight is 326 g/mol. The number of hydrogen-bond donors (Lipinski definition) is 1. The van der Waals surface area contributed by atoms with Crippen LogP contribution in [0.2, 0.25) is 0 Å². The van der Waals surface area contributed by atoms with Crippen molar-refractivity contribution < 1.29 is 9.90 Å². The predicted octanol–water partition coefficient (Wildman–Crippen LogP) is 4.31. The van der Waals surface area contributed by atoms with Crippen LogP contribution in [0.1, 0.15) is 48.9 Å². The van der Waals surface area contributed by atoms with Crippen LogP contribution in [0.15, 0.2) is 22.7 Å². The minimum absolute atomic E-state index is 0.324. The first kappa shape index (κ1) is 14.4. The number of carbonyl (C=O) groups is 1. The zero-order chi connectivity index (χ0) is 13.8. The van der Waals surface area contributed by atoms with E-state index in [1.807, 2.05) is 6.07 Å². The van der Waals surface area contributed by atoms with Crippen LogP contribution in [0, 0.1) is 0 Å². The SMILES string of the molecule is CN(c1ccc(C(=O)O)cc1Br)C1CCCCCC1. The highest BCUT2D eigenvalue weighted by atomic mass is 79.9. The molecule has 1 aromatic carbocycles. The normalized spacial score (nSPS) is 16.9. The van der Waals surface area contributed by atoms with Gasteiger partial charge in [-0.1, -0.05) is 25.7 Å². The Morgan fingerprint density at radius 3 is 2.42 bits per heavy atom. The van der Waals surface area contributed by atoms with Crippen molar-refractivity contribution in [2.75, 3.05) is 11.9 Å². The number of halogens is 1. The van der Waals surface area contributed by atoms with Crippen molar-refractivity contribution in [1.82, 2.24) is 0 Å². The maximum Gasteiger partial charge on any atom is 0.335 e.